The first kappa shape index (κ1) is 14.1. The summed E-state index contributed by atoms with van der Waals surface area (Å²) in [5, 5.41) is 7.80. The Labute approximate surface area is 102 Å². The first-order chi connectivity index (χ1) is 7.91. The highest BCUT2D eigenvalue weighted by molar-refractivity contribution is 5.06. The Morgan fingerprint density at radius 1 is 1.53 bits per heavy atom. The van der Waals surface area contributed by atoms with Crippen LogP contribution in [0.5, 0.6) is 0 Å². The summed E-state index contributed by atoms with van der Waals surface area (Å²) in [4.78, 5) is 0. The van der Waals surface area contributed by atoms with E-state index < -0.39 is 0 Å². The van der Waals surface area contributed by atoms with Crippen molar-refractivity contribution >= 4 is 0 Å². The predicted octanol–water partition coefficient (Wildman–Crippen LogP) is 0.771. The molecule has 1 aromatic heterocycles. The van der Waals surface area contributed by atoms with E-state index >= 15 is 0 Å². The van der Waals surface area contributed by atoms with Crippen LogP contribution < -0.4 is 11.3 Å². The third-order valence-electron chi connectivity index (χ3n) is 2.75. The van der Waals surface area contributed by atoms with Crippen LogP contribution in [0.15, 0.2) is 6.20 Å². The van der Waals surface area contributed by atoms with E-state index in [1.165, 1.54) is 0 Å². The Balaban J connectivity index is 3.02. The molecule has 0 amide bonds. The first-order valence-electron chi connectivity index (χ1n) is 5.84. The molecule has 0 aliphatic carbocycles. The van der Waals surface area contributed by atoms with E-state index in [0.717, 1.165) is 5.69 Å². The van der Waals surface area contributed by atoms with Crippen LogP contribution in [0.2, 0.25) is 0 Å². The standard InChI is InChI=1S/C11H23N5O/c1-6-17-10(11(2,3)4)9(14-12)8-7-13-15-16(8)5/h7,9-10,14H,6,12H2,1-5H3. The zero-order valence-electron chi connectivity index (χ0n) is 11.3. The molecule has 1 heterocycles. The van der Waals surface area contributed by atoms with Gasteiger partial charge in [-0.05, 0) is 12.3 Å². The zero-order valence-corrected chi connectivity index (χ0v) is 11.3. The zero-order chi connectivity index (χ0) is 13.1. The van der Waals surface area contributed by atoms with Gasteiger partial charge in [0, 0.05) is 13.7 Å². The van der Waals surface area contributed by atoms with Crippen molar-refractivity contribution in [3.8, 4) is 0 Å². The van der Waals surface area contributed by atoms with Gasteiger partial charge in [0.1, 0.15) is 0 Å². The Bertz CT molecular complexity index is 344. The summed E-state index contributed by atoms with van der Waals surface area (Å²) in [5.41, 5.74) is 3.70. The second kappa shape index (κ2) is 5.57. The predicted molar refractivity (Wildman–Crippen MR) is 65.9 cm³/mol. The van der Waals surface area contributed by atoms with E-state index in [2.05, 4.69) is 36.5 Å². The molecule has 1 aromatic rings. The van der Waals surface area contributed by atoms with Crippen LogP contribution in [0.3, 0.4) is 0 Å². The van der Waals surface area contributed by atoms with Crippen molar-refractivity contribution in [3.05, 3.63) is 11.9 Å². The van der Waals surface area contributed by atoms with Crippen molar-refractivity contribution in [2.24, 2.45) is 18.3 Å². The molecule has 2 unspecified atom stereocenters. The minimum absolute atomic E-state index is 0.0304. The van der Waals surface area contributed by atoms with E-state index in [4.69, 9.17) is 10.6 Å². The molecule has 0 aromatic carbocycles. The SMILES string of the molecule is CCOC(C(NN)c1cnnn1C)C(C)(C)C. The summed E-state index contributed by atoms with van der Waals surface area (Å²) < 4.78 is 7.54. The average Bonchev–Trinajstić information content (AvgIpc) is 2.63. The summed E-state index contributed by atoms with van der Waals surface area (Å²) in [6.07, 6.45) is 1.66. The molecule has 0 bridgehead atoms. The number of hydrogen-bond acceptors (Lipinski definition) is 5. The normalized spacial score (nSPS) is 15.9. The minimum Gasteiger partial charge on any atom is -0.376 e. The van der Waals surface area contributed by atoms with Gasteiger partial charge in [-0.2, -0.15) is 0 Å². The number of nitrogens with two attached hydrogens (primary N) is 1. The van der Waals surface area contributed by atoms with E-state index in [9.17, 15) is 0 Å². The van der Waals surface area contributed by atoms with Gasteiger partial charge in [-0.1, -0.05) is 26.0 Å². The number of hydrogen-bond donors (Lipinski definition) is 2. The molecule has 3 N–H and O–H groups in total. The van der Waals surface area contributed by atoms with Gasteiger partial charge in [0.2, 0.25) is 0 Å². The maximum Gasteiger partial charge on any atom is 0.0911 e. The molecule has 6 nitrogen and oxygen atoms in total. The van der Waals surface area contributed by atoms with Crippen LogP contribution in [0.25, 0.3) is 0 Å². The highest BCUT2D eigenvalue weighted by Gasteiger charge is 2.35. The largest absolute Gasteiger partial charge is 0.376 e. The van der Waals surface area contributed by atoms with Crippen molar-refractivity contribution in [2.45, 2.75) is 39.8 Å². The lowest BCUT2D eigenvalue weighted by atomic mass is 9.83. The summed E-state index contributed by atoms with van der Waals surface area (Å²) >= 11 is 0. The maximum absolute atomic E-state index is 5.83. The number of aryl methyl sites for hydroxylation is 1. The fourth-order valence-electron chi connectivity index (χ4n) is 1.93. The van der Waals surface area contributed by atoms with Gasteiger partial charge in [-0.15, -0.1) is 5.10 Å². The van der Waals surface area contributed by atoms with Crippen LogP contribution >= 0.6 is 0 Å². The van der Waals surface area contributed by atoms with Gasteiger partial charge in [-0.3, -0.25) is 10.5 Å². The smallest absolute Gasteiger partial charge is 0.0911 e. The third-order valence-corrected chi connectivity index (χ3v) is 2.75. The topological polar surface area (TPSA) is 78.0 Å². The summed E-state index contributed by atoms with van der Waals surface area (Å²) in [7, 11) is 1.85. The number of ether oxygens (including phenoxy) is 1. The fourth-order valence-corrected chi connectivity index (χ4v) is 1.93. The summed E-state index contributed by atoms with van der Waals surface area (Å²) in [5.74, 6) is 5.66. The van der Waals surface area contributed by atoms with Crippen LogP contribution in [-0.2, 0) is 11.8 Å². The van der Waals surface area contributed by atoms with E-state index in [-0.39, 0.29) is 17.6 Å². The lowest BCUT2D eigenvalue weighted by Gasteiger charge is -2.36. The highest BCUT2D eigenvalue weighted by Crippen LogP contribution is 2.31. The molecular formula is C11H23N5O. The molecule has 6 heteroatoms. The van der Waals surface area contributed by atoms with Gasteiger partial charge in [0.15, 0.2) is 0 Å². The van der Waals surface area contributed by atoms with Crippen LogP contribution in [0.1, 0.15) is 39.4 Å². The summed E-state index contributed by atoms with van der Waals surface area (Å²) in [6.45, 7) is 9.00. The van der Waals surface area contributed by atoms with E-state index in [1.807, 2.05) is 14.0 Å². The molecule has 17 heavy (non-hydrogen) atoms. The van der Waals surface area contributed by atoms with Crippen molar-refractivity contribution in [3.63, 3.8) is 0 Å². The molecule has 1 rings (SSSR count). The molecule has 0 aliphatic rings. The molecule has 0 fully saturated rings. The van der Waals surface area contributed by atoms with Crippen LogP contribution in [0.4, 0.5) is 0 Å². The van der Waals surface area contributed by atoms with Crippen LogP contribution in [0, 0.1) is 5.41 Å². The minimum atomic E-state index is -0.130. The summed E-state index contributed by atoms with van der Waals surface area (Å²) in [6, 6.07) is -0.130. The van der Waals surface area contributed by atoms with Crippen molar-refractivity contribution in [2.75, 3.05) is 6.61 Å². The van der Waals surface area contributed by atoms with Gasteiger partial charge in [0.05, 0.1) is 24.0 Å². The van der Waals surface area contributed by atoms with Gasteiger partial charge >= 0.3 is 0 Å². The highest BCUT2D eigenvalue weighted by atomic mass is 16.5. The Kier molecular flexibility index (Phi) is 4.62. The molecule has 0 spiro atoms. The molecule has 0 aliphatic heterocycles. The second-order valence-electron chi connectivity index (χ2n) is 5.17. The molecule has 0 radical (unpaired) electrons. The lowest BCUT2D eigenvalue weighted by Crippen LogP contribution is -2.45. The number of hydrazine groups is 1. The Hall–Kier alpha value is -0.980. The maximum atomic E-state index is 5.83. The number of nitrogens with zero attached hydrogens (tertiary/aromatic N) is 3. The molecule has 98 valence electrons. The average molecular weight is 241 g/mol. The number of rotatable bonds is 5. The quantitative estimate of drug-likeness (QED) is 0.588. The molecule has 0 saturated heterocycles. The Morgan fingerprint density at radius 3 is 2.53 bits per heavy atom. The third kappa shape index (κ3) is 3.24. The van der Waals surface area contributed by atoms with Gasteiger partial charge in [0.25, 0.3) is 0 Å². The van der Waals surface area contributed by atoms with Crippen molar-refractivity contribution < 1.29 is 4.74 Å². The number of nitrogens with one attached hydrogen (secondary N) is 1. The van der Waals surface area contributed by atoms with E-state index in [0.29, 0.717) is 6.61 Å². The second-order valence-corrected chi connectivity index (χ2v) is 5.17. The monoisotopic (exact) mass is 241 g/mol. The lowest BCUT2D eigenvalue weighted by molar-refractivity contribution is -0.0382. The van der Waals surface area contributed by atoms with Crippen LogP contribution in [-0.4, -0.2) is 27.7 Å². The molecular weight excluding hydrogens is 218 g/mol. The van der Waals surface area contributed by atoms with Gasteiger partial charge in [-0.25, -0.2) is 5.43 Å². The van der Waals surface area contributed by atoms with E-state index in [1.54, 1.807) is 10.9 Å². The molecule has 0 saturated carbocycles. The fraction of sp³-hybridized carbons (Fsp3) is 0.818. The van der Waals surface area contributed by atoms with Crippen molar-refractivity contribution in [1.82, 2.24) is 20.4 Å². The number of aromatic nitrogens is 3. The van der Waals surface area contributed by atoms with Crippen molar-refractivity contribution in [1.29, 1.82) is 0 Å². The Morgan fingerprint density at radius 2 is 2.18 bits per heavy atom. The van der Waals surface area contributed by atoms with Gasteiger partial charge < -0.3 is 4.74 Å². The molecule has 2 atom stereocenters. The first-order valence-corrected chi connectivity index (χ1v) is 5.84.